The molecule has 1 unspecified atom stereocenters. The fourth-order valence-electron chi connectivity index (χ4n) is 2.08. The molecule has 74 valence electrons. The average molecular weight is 198 g/mol. The van der Waals surface area contributed by atoms with E-state index in [1.807, 2.05) is 11.8 Å². The molecule has 1 aliphatic carbocycles. The summed E-state index contributed by atoms with van der Waals surface area (Å²) in [5, 5.41) is 4.78. The zero-order valence-corrected chi connectivity index (χ0v) is 9.28. The first-order valence-corrected chi connectivity index (χ1v) is 6.15. The normalized spacial score (nSPS) is 31.8. The molecule has 1 atom stereocenters. The zero-order chi connectivity index (χ0) is 9.31. The Kier molecular flexibility index (Phi) is 2.54. The lowest BCUT2D eigenvalue weighted by Crippen LogP contribution is -2.41. The summed E-state index contributed by atoms with van der Waals surface area (Å²) in [6.07, 6.45) is 5.36. The summed E-state index contributed by atoms with van der Waals surface area (Å²) in [6, 6.07) is 0.512. The maximum atomic E-state index is 4.57. The Morgan fingerprint density at radius 2 is 2.15 bits per heavy atom. The second-order valence-corrected chi connectivity index (χ2v) is 5.50. The molecule has 1 saturated carbocycles. The minimum Gasteiger partial charge on any atom is -0.360 e. The second-order valence-electron chi connectivity index (χ2n) is 4.49. The minimum atomic E-state index is 0.343. The highest BCUT2D eigenvalue weighted by Crippen LogP contribution is 2.30. The summed E-state index contributed by atoms with van der Waals surface area (Å²) in [6.45, 7) is 4.50. The lowest BCUT2D eigenvalue weighted by atomic mass is 10.0. The van der Waals surface area contributed by atoms with E-state index in [4.69, 9.17) is 0 Å². The lowest BCUT2D eigenvalue weighted by Gasteiger charge is -2.25. The van der Waals surface area contributed by atoms with Gasteiger partial charge in [0.1, 0.15) is 0 Å². The van der Waals surface area contributed by atoms with Gasteiger partial charge in [-0.1, -0.05) is 24.6 Å². The minimum absolute atomic E-state index is 0.343. The van der Waals surface area contributed by atoms with Crippen LogP contribution in [0.5, 0.6) is 0 Å². The molecule has 2 rings (SSSR count). The maximum Gasteiger partial charge on any atom is 0.157 e. The largest absolute Gasteiger partial charge is 0.360 e. The molecule has 1 aliphatic heterocycles. The Morgan fingerprint density at radius 1 is 1.46 bits per heavy atom. The molecule has 1 N–H and O–H groups in total. The van der Waals surface area contributed by atoms with Crippen LogP contribution in [0.25, 0.3) is 0 Å². The molecular weight excluding hydrogens is 180 g/mol. The van der Waals surface area contributed by atoms with Gasteiger partial charge in [-0.15, -0.1) is 0 Å². The third kappa shape index (κ3) is 2.19. The Morgan fingerprint density at radius 3 is 2.69 bits per heavy atom. The van der Waals surface area contributed by atoms with Crippen LogP contribution in [-0.4, -0.2) is 22.5 Å². The van der Waals surface area contributed by atoms with Crippen LogP contribution >= 0.6 is 11.8 Å². The van der Waals surface area contributed by atoms with Gasteiger partial charge < -0.3 is 5.32 Å². The highest BCUT2D eigenvalue weighted by atomic mass is 32.2. The molecule has 0 spiro atoms. The van der Waals surface area contributed by atoms with Crippen molar-refractivity contribution in [1.82, 2.24) is 5.32 Å². The summed E-state index contributed by atoms with van der Waals surface area (Å²) < 4.78 is 0. The van der Waals surface area contributed by atoms with E-state index in [0.717, 1.165) is 5.75 Å². The summed E-state index contributed by atoms with van der Waals surface area (Å²) >= 11 is 1.87. The van der Waals surface area contributed by atoms with Gasteiger partial charge in [0.25, 0.3) is 0 Å². The third-order valence-corrected chi connectivity index (χ3v) is 4.04. The molecule has 13 heavy (non-hydrogen) atoms. The molecule has 3 heteroatoms. The summed E-state index contributed by atoms with van der Waals surface area (Å²) in [5.74, 6) is 1.15. The summed E-state index contributed by atoms with van der Waals surface area (Å²) in [4.78, 5) is 4.57. The van der Waals surface area contributed by atoms with Gasteiger partial charge >= 0.3 is 0 Å². The first-order valence-electron chi connectivity index (χ1n) is 5.17. The SMILES string of the molecule is CC1CSC(NC2(C)CCCC2)=N1. The van der Waals surface area contributed by atoms with Crippen molar-refractivity contribution in [3.63, 3.8) is 0 Å². The van der Waals surface area contributed by atoms with E-state index in [1.54, 1.807) is 0 Å². The van der Waals surface area contributed by atoms with Gasteiger partial charge in [-0.2, -0.15) is 0 Å². The van der Waals surface area contributed by atoms with Crippen molar-refractivity contribution in [3.8, 4) is 0 Å². The summed E-state index contributed by atoms with van der Waals surface area (Å²) in [7, 11) is 0. The van der Waals surface area contributed by atoms with E-state index < -0.39 is 0 Å². The third-order valence-electron chi connectivity index (χ3n) is 2.91. The van der Waals surface area contributed by atoms with E-state index in [0.29, 0.717) is 11.6 Å². The van der Waals surface area contributed by atoms with Gasteiger partial charge in [0, 0.05) is 11.3 Å². The first-order chi connectivity index (χ1) is 6.18. The Balaban J connectivity index is 1.93. The molecule has 1 fully saturated rings. The van der Waals surface area contributed by atoms with Crippen molar-refractivity contribution in [1.29, 1.82) is 0 Å². The van der Waals surface area contributed by atoms with Gasteiger partial charge in [-0.25, -0.2) is 0 Å². The molecule has 0 aromatic carbocycles. The quantitative estimate of drug-likeness (QED) is 0.699. The molecule has 0 aromatic rings. The molecule has 0 radical (unpaired) electrons. The van der Waals surface area contributed by atoms with E-state index in [2.05, 4.69) is 24.2 Å². The Bertz CT molecular complexity index is 219. The molecule has 2 nitrogen and oxygen atoms in total. The highest BCUT2D eigenvalue weighted by Gasteiger charge is 2.30. The number of hydrogen-bond acceptors (Lipinski definition) is 3. The molecule has 0 saturated heterocycles. The van der Waals surface area contributed by atoms with Crippen LogP contribution in [0.3, 0.4) is 0 Å². The lowest BCUT2D eigenvalue weighted by molar-refractivity contribution is 0.434. The van der Waals surface area contributed by atoms with Crippen molar-refractivity contribution in [2.45, 2.75) is 51.1 Å². The van der Waals surface area contributed by atoms with Crippen LogP contribution in [0.4, 0.5) is 0 Å². The Labute approximate surface area is 84.6 Å². The van der Waals surface area contributed by atoms with Crippen molar-refractivity contribution in [2.75, 3.05) is 5.75 Å². The first kappa shape index (κ1) is 9.38. The predicted molar refractivity (Wildman–Crippen MR) is 59.4 cm³/mol. The standard InChI is InChI=1S/C10H18N2S/c1-8-7-13-9(11-8)12-10(2)5-3-4-6-10/h8H,3-7H2,1-2H3,(H,11,12). The van der Waals surface area contributed by atoms with Gasteiger partial charge in [0.15, 0.2) is 5.17 Å². The average Bonchev–Trinajstić information content (AvgIpc) is 2.62. The molecule has 0 aromatic heterocycles. The van der Waals surface area contributed by atoms with Gasteiger partial charge in [0.2, 0.25) is 0 Å². The molecular formula is C10H18N2S. The van der Waals surface area contributed by atoms with E-state index in [-0.39, 0.29) is 0 Å². The molecule has 0 bridgehead atoms. The molecule has 0 amide bonds. The topological polar surface area (TPSA) is 24.4 Å². The van der Waals surface area contributed by atoms with Crippen LogP contribution in [0, 0.1) is 0 Å². The Hall–Kier alpha value is -0.180. The highest BCUT2D eigenvalue weighted by molar-refractivity contribution is 8.14. The van der Waals surface area contributed by atoms with Gasteiger partial charge in [-0.3, -0.25) is 4.99 Å². The number of nitrogens with zero attached hydrogens (tertiary/aromatic N) is 1. The van der Waals surface area contributed by atoms with Crippen LogP contribution in [0.2, 0.25) is 0 Å². The number of hydrogen-bond donors (Lipinski definition) is 1. The van der Waals surface area contributed by atoms with Crippen LogP contribution in [0.15, 0.2) is 4.99 Å². The van der Waals surface area contributed by atoms with Crippen molar-refractivity contribution < 1.29 is 0 Å². The number of nitrogens with one attached hydrogen (secondary N) is 1. The second kappa shape index (κ2) is 3.52. The monoisotopic (exact) mass is 198 g/mol. The fraction of sp³-hybridized carbons (Fsp3) is 0.900. The smallest absolute Gasteiger partial charge is 0.157 e. The van der Waals surface area contributed by atoms with E-state index in [1.165, 1.54) is 30.9 Å². The summed E-state index contributed by atoms with van der Waals surface area (Å²) in [5.41, 5.74) is 0.343. The van der Waals surface area contributed by atoms with E-state index >= 15 is 0 Å². The van der Waals surface area contributed by atoms with Gasteiger partial charge in [0.05, 0.1) is 6.04 Å². The van der Waals surface area contributed by atoms with Crippen molar-refractivity contribution in [3.05, 3.63) is 0 Å². The number of amidine groups is 1. The molecule has 1 heterocycles. The van der Waals surface area contributed by atoms with E-state index in [9.17, 15) is 0 Å². The van der Waals surface area contributed by atoms with Crippen molar-refractivity contribution in [2.24, 2.45) is 4.99 Å². The predicted octanol–water partition coefficient (Wildman–Crippen LogP) is 2.40. The van der Waals surface area contributed by atoms with Crippen LogP contribution in [0.1, 0.15) is 39.5 Å². The van der Waals surface area contributed by atoms with Crippen LogP contribution in [-0.2, 0) is 0 Å². The van der Waals surface area contributed by atoms with Crippen molar-refractivity contribution >= 4 is 16.9 Å². The maximum absolute atomic E-state index is 4.57. The van der Waals surface area contributed by atoms with Gasteiger partial charge in [-0.05, 0) is 26.7 Å². The zero-order valence-electron chi connectivity index (χ0n) is 8.47. The number of rotatable bonds is 1. The number of aliphatic imine (C=N–C) groups is 1. The molecule has 2 aliphatic rings. The number of thioether (sulfide) groups is 1. The fourth-order valence-corrected chi connectivity index (χ4v) is 3.13. The van der Waals surface area contributed by atoms with Crippen LogP contribution < -0.4 is 5.32 Å².